The molecule has 0 atom stereocenters. The Morgan fingerprint density at radius 3 is 2.50 bits per heavy atom. The highest BCUT2D eigenvalue weighted by Crippen LogP contribution is 2.27. The van der Waals surface area contributed by atoms with Crippen LogP contribution in [0.2, 0.25) is 5.02 Å². The van der Waals surface area contributed by atoms with Crippen LogP contribution in [0.3, 0.4) is 0 Å². The van der Waals surface area contributed by atoms with Crippen molar-refractivity contribution in [2.75, 3.05) is 5.32 Å². The number of nitrogens with one attached hydrogen (secondary N) is 1. The lowest BCUT2D eigenvalue weighted by atomic mass is 10.2. The fourth-order valence-electron chi connectivity index (χ4n) is 1.43. The first-order valence-electron chi connectivity index (χ1n) is 5.09. The number of hydrogen-bond donors (Lipinski definition) is 1. The van der Waals surface area contributed by atoms with Gasteiger partial charge in [-0.3, -0.25) is 4.79 Å². The number of amides is 1. The molecule has 0 radical (unpaired) electrons. The second kappa shape index (κ2) is 5.87. The zero-order valence-corrected chi connectivity index (χ0v) is 13.0. The van der Waals surface area contributed by atoms with Gasteiger partial charge >= 0.3 is 0 Å². The summed E-state index contributed by atoms with van der Waals surface area (Å²) in [6.45, 7) is 0. The first-order chi connectivity index (χ1) is 8.58. The van der Waals surface area contributed by atoms with Gasteiger partial charge in [-0.1, -0.05) is 39.7 Å². The minimum absolute atomic E-state index is 0.233. The van der Waals surface area contributed by atoms with Gasteiger partial charge in [0.05, 0.1) is 16.3 Å². The number of anilines is 1. The molecule has 0 aliphatic heterocycles. The van der Waals surface area contributed by atoms with E-state index >= 15 is 0 Å². The minimum atomic E-state index is -0.233. The molecule has 0 saturated carbocycles. The van der Waals surface area contributed by atoms with Crippen molar-refractivity contribution in [3.63, 3.8) is 0 Å². The third-order valence-corrected chi connectivity index (χ3v) is 3.78. The molecule has 0 saturated heterocycles. The lowest BCUT2D eigenvalue weighted by molar-refractivity contribution is 0.102. The minimum Gasteiger partial charge on any atom is -0.321 e. The van der Waals surface area contributed by atoms with Crippen molar-refractivity contribution in [3.8, 4) is 0 Å². The molecular formula is C13H8Br2ClNO. The Kier molecular flexibility index (Phi) is 4.43. The van der Waals surface area contributed by atoms with Crippen molar-refractivity contribution in [1.82, 2.24) is 0 Å². The Hall–Kier alpha value is -0.840. The lowest BCUT2D eigenvalue weighted by Crippen LogP contribution is -2.12. The first kappa shape index (κ1) is 13.6. The van der Waals surface area contributed by atoms with E-state index < -0.39 is 0 Å². The van der Waals surface area contributed by atoms with E-state index in [0.29, 0.717) is 16.3 Å². The van der Waals surface area contributed by atoms with E-state index in [1.807, 2.05) is 18.2 Å². The van der Waals surface area contributed by atoms with Gasteiger partial charge in [0.1, 0.15) is 0 Å². The highest BCUT2D eigenvalue weighted by atomic mass is 79.9. The zero-order valence-electron chi connectivity index (χ0n) is 9.08. The molecule has 92 valence electrons. The maximum atomic E-state index is 12.0. The molecule has 2 nitrogen and oxygen atoms in total. The van der Waals surface area contributed by atoms with Gasteiger partial charge in [0.25, 0.3) is 5.91 Å². The van der Waals surface area contributed by atoms with Crippen molar-refractivity contribution >= 4 is 55.1 Å². The van der Waals surface area contributed by atoms with Crippen molar-refractivity contribution in [2.24, 2.45) is 0 Å². The summed E-state index contributed by atoms with van der Waals surface area (Å²) in [5.74, 6) is -0.233. The van der Waals surface area contributed by atoms with Crippen LogP contribution in [-0.2, 0) is 0 Å². The second-order valence-electron chi connectivity index (χ2n) is 3.56. The summed E-state index contributed by atoms with van der Waals surface area (Å²) in [6, 6.07) is 12.5. The van der Waals surface area contributed by atoms with Crippen molar-refractivity contribution in [2.45, 2.75) is 0 Å². The van der Waals surface area contributed by atoms with Crippen LogP contribution < -0.4 is 5.32 Å². The first-order valence-corrected chi connectivity index (χ1v) is 7.05. The van der Waals surface area contributed by atoms with E-state index in [0.717, 1.165) is 8.95 Å². The second-order valence-corrected chi connectivity index (χ2v) is 5.74. The highest BCUT2D eigenvalue weighted by Gasteiger charge is 2.11. The van der Waals surface area contributed by atoms with Crippen LogP contribution in [0.4, 0.5) is 5.69 Å². The van der Waals surface area contributed by atoms with E-state index in [4.69, 9.17) is 11.6 Å². The van der Waals surface area contributed by atoms with Gasteiger partial charge in [-0.15, -0.1) is 0 Å². The van der Waals surface area contributed by atoms with Crippen LogP contribution in [0.25, 0.3) is 0 Å². The van der Waals surface area contributed by atoms with Gasteiger partial charge < -0.3 is 5.32 Å². The van der Waals surface area contributed by atoms with Crippen molar-refractivity contribution in [1.29, 1.82) is 0 Å². The molecule has 2 aromatic carbocycles. The Labute approximate surface area is 127 Å². The van der Waals surface area contributed by atoms with Crippen LogP contribution >= 0.6 is 43.5 Å². The maximum absolute atomic E-state index is 12.0. The smallest absolute Gasteiger partial charge is 0.257 e. The monoisotopic (exact) mass is 387 g/mol. The van der Waals surface area contributed by atoms with Crippen LogP contribution in [-0.4, -0.2) is 5.91 Å². The summed E-state index contributed by atoms with van der Waals surface area (Å²) < 4.78 is 1.74. The molecule has 1 amide bonds. The number of hydrogen-bond acceptors (Lipinski definition) is 1. The summed E-state index contributed by atoms with van der Waals surface area (Å²) in [5.41, 5.74) is 1.15. The van der Waals surface area contributed by atoms with Gasteiger partial charge in [0, 0.05) is 8.95 Å². The molecule has 0 aliphatic carbocycles. The summed E-state index contributed by atoms with van der Waals surface area (Å²) in [5, 5.41) is 3.24. The molecule has 0 aliphatic rings. The topological polar surface area (TPSA) is 29.1 Å². The largest absolute Gasteiger partial charge is 0.321 e. The number of benzene rings is 2. The van der Waals surface area contributed by atoms with Crippen molar-refractivity contribution in [3.05, 3.63) is 62.0 Å². The molecule has 2 rings (SSSR count). The van der Waals surface area contributed by atoms with Crippen LogP contribution in [0, 0.1) is 0 Å². The number of halogens is 3. The summed E-state index contributed by atoms with van der Waals surface area (Å²) in [6.07, 6.45) is 0. The fourth-order valence-corrected chi connectivity index (χ4v) is 2.79. The molecule has 0 aromatic heterocycles. The van der Waals surface area contributed by atoms with Crippen LogP contribution in [0.15, 0.2) is 51.4 Å². The van der Waals surface area contributed by atoms with Crippen LogP contribution in [0.1, 0.15) is 10.4 Å². The Morgan fingerprint density at radius 2 is 1.83 bits per heavy atom. The van der Waals surface area contributed by atoms with E-state index in [2.05, 4.69) is 37.2 Å². The van der Waals surface area contributed by atoms with Gasteiger partial charge in [0.2, 0.25) is 0 Å². The Balaban J connectivity index is 2.24. The molecule has 5 heteroatoms. The van der Waals surface area contributed by atoms with Gasteiger partial charge in [0.15, 0.2) is 0 Å². The average molecular weight is 389 g/mol. The summed E-state index contributed by atoms with van der Waals surface area (Å²) >= 11 is 12.7. The lowest BCUT2D eigenvalue weighted by Gasteiger charge is -2.08. The molecule has 0 bridgehead atoms. The SMILES string of the molecule is O=C(Nc1ccc(Br)cc1Br)c1ccccc1Cl. The molecule has 0 heterocycles. The number of carbonyl (C=O) groups is 1. The van der Waals surface area contributed by atoms with E-state index in [9.17, 15) is 4.79 Å². The highest BCUT2D eigenvalue weighted by molar-refractivity contribution is 9.11. The Bertz CT molecular complexity index is 601. The van der Waals surface area contributed by atoms with Crippen LogP contribution in [0.5, 0.6) is 0 Å². The Morgan fingerprint density at radius 1 is 1.11 bits per heavy atom. The number of carbonyl (C=O) groups excluding carboxylic acids is 1. The third-order valence-electron chi connectivity index (χ3n) is 2.30. The molecule has 0 spiro atoms. The molecular weight excluding hydrogens is 381 g/mol. The molecule has 18 heavy (non-hydrogen) atoms. The van der Waals surface area contributed by atoms with E-state index in [1.54, 1.807) is 24.3 Å². The molecule has 2 aromatic rings. The van der Waals surface area contributed by atoms with Gasteiger partial charge in [-0.25, -0.2) is 0 Å². The normalized spacial score (nSPS) is 10.2. The predicted molar refractivity (Wildman–Crippen MR) is 81.2 cm³/mol. The molecule has 0 fully saturated rings. The maximum Gasteiger partial charge on any atom is 0.257 e. The number of rotatable bonds is 2. The van der Waals surface area contributed by atoms with E-state index in [-0.39, 0.29) is 5.91 Å². The molecule has 1 N–H and O–H groups in total. The average Bonchev–Trinajstić information content (AvgIpc) is 2.33. The summed E-state index contributed by atoms with van der Waals surface area (Å²) in [4.78, 5) is 12.0. The van der Waals surface area contributed by atoms with Crippen molar-refractivity contribution < 1.29 is 4.79 Å². The van der Waals surface area contributed by atoms with Gasteiger partial charge in [-0.2, -0.15) is 0 Å². The summed E-state index contributed by atoms with van der Waals surface area (Å²) in [7, 11) is 0. The zero-order chi connectivity index (χ0) is 13.1. The van der Waals surface area contributed by atoms with Gasteiger partial charge in [-0.05, 0) is 46.3 Å². The fraction of sp³-hybridized carbons (Fsp3) is 0. The predicted octanol–water partition coefficient (Wildman–Crippen LogP) is 5.12. The standard InChI is InChI=1S/C13H8Br2ClNO/c14-8-5-6-12(10(15)7-8)17-13(18)9-3-1-2-4-11(9)16/h1-7H,(H,17,18). The van der Waals surface area contributed by atoms with E-state index in [1.165, 1.54) is 0 Å². The quantitative estimate of drug-likeness (QED) is 0.759. The molecule has 0 unspecified atom stereocenters. The third kappa shape index (κ3) is 3.13.